The fourth-order valence-electron chi connectivity index (χ4n) is 0.935. The van der Waals surface area contributed by atoms with Gasteiger partial charge in [-0.15, -0.1) is 0 Å². The zero-order chi connectivity index (χ0) is 10.9. The Morgan fingerprint density at radius 1 is 1.21 bits per heavy atom. The molecule has 0 aliphatic rings. The number of phenolic OH excluding ortho intramolecular Hbond substituents is 1. The molecule has 0 saturated heterocycles. The molecular weight excluding hydrogens is 525 g/mol. The van der Waals surface area contributed by atoms with Gasteiger partial charge in [-0.2, -0.15) is 0 Å². The lowest BCUT2D eigenvalue weighted by molar-refractivity contribution is 0.112. The second kappa shape index (κ2) is 5.14. The van der Waals surface area contributed by atoms with E-state index in [4.69, 9.17) is 4.74 Å². The van der Waals surface area contributed by atoms with E-state index in [2.05, 4.69) is 22.6 Å². The van der Waals surface area contributed by atoms with Crippen molar-refractivity contribution in [3.8, 4) is 11.5 Å². The first kappa shape index (κ1) is 12.7. The van der Waals surface area contributed by atoms with E-state index in [9.17, 15) is 9.90 Å². The van der Waals surface area contributed by atoms with Crippen molar-refractivity contribution in [2.75, 3.05) is 7.11 Å². The Bertz CT molecular complexity index is 361. The Balaban J connectivity index is 3.63. The summed E-state index contributed by atoms with van der Waals surface area (Å²) < 4.78 is 7.14. The number of rotatable bonds is 2. The molecule has 0 radical (unpaired) electrons. The van der Waals surface area contributed by atoms with Gasteiger partial charge < -0.3 is 9.84 Å². The number of benzene rings is 1. The topological polar surface area (TPSA) is 46.5 Å². The van der Waals surface area contributed by atoms with Crippen molar-refractivity contribution in [3.05, 3.63) is 16.3 Å². The molecule has 1 N–H and O–H groups in total. The van der Waals surface area contributed by atoms with Crippen LogP contribution < -0.4 is 4.74 Å². The van der Waals surface area contributed by atoms with Crippen LogP contribution in [0.25, 0.3) is 0 Å². The third kappa shape index (κ3) is 2.10. The summed E-state index contributed by atoms with van der Waals surface area (Å²) in [5, 5.41) is 9.72. The molecule has 0 atom stereocenters. The number of carbonyl (C=O) groups excluding carboxylic acids is 1. The highest BCUT2D eigenvalue weighted by molar-refractivity contribution is 14.1. The van der Waals surface area contributed by atoms with Crippen LogP contribution in [-0.4, -0.2) is 18.5 Å². The summed E-state index contributed by atoms with van der Waals surface area (Å²) in [6, 6.07) is 0. The molecule has 6 heteroatoms. The van der Waals surface area contributed by atoms with Crippen molar-refractivity contribution in [1.29, 1.82) is 0 Å². The van der Waals surface area contributed by atoms with Crippen LogP contribution in [0.15, 0.2) is 0 Å². The smallest absolute Gasteiger partial charge is 0.176 e. The van der Waals surface area contributed by atoms with E-state index in [0.717, 1.165) is 13.4 Å². The molecule has 14 heavy (non-hydrogen) atoms. The zero-order valence-corrected chi connectivity index (χ0v) is 13.4. The van der Waals surface area contributed by atoms with Crippen LogP contribution in [0.2, 0.25) is 0 Å². The van der Waals surface area contributed by atoms with Gasteiger partial charge in [-0.05, 0) is 67.8 Å². The quantitative estimate of drug-likeness (QED) is 0.364. The summed E-state index contributed by atoms with van der Waals surface area (Å²) in [6.45, 7) is 0. The molecule has 3 nitrogen and oxygen atoms in total. The second-order valence-corrected chi connectivity index (χ2v) is 5.59. The summed E-state index contributed by atoms with van der Waals surface area (Å²) in [4.78, 5) is 10.8. The van der Waals surface area contributed by atoms with Crippen LogP contribution in [0.1, 0.15) is 10.4 Å². The van der Waals surface area contributed by atoms with Gasteiger partial charge in [0.25, 0.3) is 0 Å². The number of ether oxygens (including phenoxy) is 1. The normalized spacial score (nSPS) is 10.0. The highest BCUT2D eigenvalue weighted by atomic mass is 127. The van der Waals surface area contributed by atoms with Crippen molar-refractivity contribution in [3.63, 3.8) is 0 Å². The molecule has 0 saturated carbocycles. The molecular formula is C8H5I3O3. The first-order valence-electron chi connectivity index (χ1n) is 3.43. The molecule has 1 aromatic carbocycles. The monoisotopic (exact) mass is 530 g/mol. The molecule has 0 amide bonds. The zero-order valence-electron chi connectivity index (χ0n) is 6.97. The Hall–Kier alpha value is 0.680. The first-order valence-corrected chi connectivity index (χ1v) is 6.66. The maximum Gasteiger partial charge on any atom is 0.176 e. The SMILES string of the molecule is COc1c(O)c(I)c(C=O)c(I)c1I. The average molecular weight is 530 g/mol. The molecule has 1 aromatic rings. The van der Waals surface area contributed by atoms with E-state index in [1.54, 1.807) is 0 Å². The largest absolute Gasteiger partial charge is 0.503 e. The van der Waals surface area contributed by atoms with Gasteiger partial charge in [0, 0.05) is 9.13 Å². The summed E-state index contributed by atoms with van der Waals surface area (Å²) in [5.41, 5.74) is 0.508. The van der Waals surface area contributed by atoms with Crippen molar-refractivity contribution in [1.82, 2.24) is 0 Å². The lowest BCUT2D eigenvalue weighted by atomic mass is 10.2. The Kier molecular flexibility index (Phi) is 4.68. The fourth-order valence-corrected chi connectivity index (χ4v) is 3.50. The average Bonchev–Trinajstić information content (AvgIpc) is 2.17. The van der Waals surface area contributed by atoms with Gasteiger partial charge in [0.15, 0.2) is 17.8 Å². The lowest BCUT2D eigenvalue weighted by Gasteiger charge is -2.11. The number of hydrogen-bond donors (Lipinski definition) is 1. The Morgan fingerprint density at radius 3 is 2.21 bits per heavy atom. The number of phenols is 1. The van der Waals surface area contributed by atoms with Crippen LogP contribution in [0.3, 0.4) is 0 Å². The second-order valence-electron chi connectivity index (χ2n) is 2.36. The molecule has 0 spiro atoms. The van der Waals surface area contributed by atoms with Crippen molar-refractivity contribution in [2.45, 2.75) is 0 Å². The van der Waals surface area contributed by atoms with Crippen molar-refractivity contribution < 1.29 is 14.6 Å². The predicted molar refractivity (Wildman–Crippen MR) is 78.2 cm³/mol. The van der Waals surface area contributed by atoms with Gasteiger partial charge in [0.1, 0.15) is 0 Å². The van der Waals surface area contributed by atoms with Crippen molar-refractivity contribution in [2.24, 2.45) is 0 Å². The van der Waals surface area contributed by atoms with Gasteiger partial charge >= 0.3 is 0 Å². The highest BCUT2D eigenvalue weighted by Gasteiger charge is 2.19. The van der Waals surface area contributed by atoms with E-state index >= 15 is 0 Å². The molecule has 0 aliphatic carbocycles. The lowest BCUT2D eigenvalue weighted by Crippen LogP contribution is -1.99. The number of aldehydes is 1. The molecule has 0 aliphatic heterocycles. The fraction of sp³-hybridized carbons (Fsp3) is 0.125. The minimum atomic E-state index is 0.0278. The van der Waals surface area contributed by atoms with Crippen molar-refractivity contribution >= 4 is 74.1 Å². The van der Waals surface area contributed by atoms with Gasteiger partial charge in [0.2, 0.25) is 0 Å². The van der Waals surface area contributed by atoms with E-state index in [0.29, 0.717) is 14.9 Å². The number of carbonyl (C=O) groups is 1. The molecule has 0 unspecified atom stereocenters. The standard InChI is InChI=1S/C8H5I3O3/c1-14-8-6(11)4(9)3(2-12)5(10)7(8)13/h2,13H,1H3. The number of methoxy groups -OCH3 is 1. The maximum absolute atomic E-state index is 10.8. The van der Waals surface area contributed by atoms with Crippen LogP contribution in [-0.2, 0) is 0 Å². The predicted octanol–water partition coefficient (Wildman–Crippen LogP) is 3.03. The molecule has 0 fully saturated rings. The van der Waals surface area contributed by atoms with E-state index < -0.39 is 0 Å². The number of hydrogen-bond acceptors (Lipinski definition) is 3. The van der Waals surface area contributed by atoms with Gasteiger partial charge in [-0.25, -0.2) is 0 Å². The van der Waals surface area contributed by atoms with Crippen LogP contribution in [0.4, 0.5) is 0 Å². The Morgan fingerprint density at radius 2 is 1.79 bits per heavy atom. The van der Waals surface area contributed by atoms with Gasteiger partial charge in [-0.3, -0.25) is 4.79 Å². The maximum atomic E-state index is 10.8. The third-order valence-corrected chi connectivity index (χ3v) is 5.88. The van der Waals surface area contributed by atoms with Gasteiger partial charge in [0.05, 0.1) is 14.3 Å². The van der Waals surface area contributed by atoms with E-state index in [1.165, 1.54) is 7.11 Å². The number of halogens is 3. The molecule has 76 valence electrons. The molecule has 0 heterocycles. The molecule has 0 bridgehead atoms. The summed E-state index contributed by atoms with van der Waals surface area (Å²) in [6.07, 6.45) is 0.741. The van der Waals surface area contributed by atoms with E-state index in [-0.39, 0.29) is 5.75 Å². The minimum absolute atomic E-state index is 0.0278. The number of aromatic hydroxyl groups is 1. The van der Waals surface area contributed by atoms with Crippen LogP contribution in [0.5, 0.6) is 11.5 Å². The molecule has 1 rings (SSSR count). The van der Waals surface area contributed by atoms with E-state index in [1.807, 2.05) is 45.2 Å². The van der Waals surface area contributed by atoms with Gasteiger partial charge in [-0.1, -0.05) is 0 Å². The Labute approximate surface area is 122 Å². The summed E-state index contributed by atoms with van der Waals surface area (Å²) >= 11 is 6.03. The minimum Gasteiger partial charge on any atom is -0.503 e. The third-order valence-electron chi connectivity index (χ3n) is 1.61. The summed E-state index contributed by atoms with van der Waals surface area (Å²) in [5.74, 6) is 0.449. The summed E-state index contributed by atoms with van der Waals surface area (Å²) in [7, 11) is 1.49. The van der Waals surface area contributed by atoms with Crippen LogP contribution in [0, 0.1) is 10.7 Å². The first-order chi connectivity index (χ1) is 6.54. The highest BCUT2D eigenvalue weighted by Crippen LogP contribution is 2.40. The molecule has 0 aromatic heterocycles. The van der Waals surface area contributed by atoms with Crippen LogP contribution >= 0.6 is 67.8 Å².